The first-order valence-electron chi connectivity index (χ1n) is 13.8. The van der Waals surface area contributed by atoms with Crippen LogP contribution >= 0.6 is 12.2 Å². The maximum atomic E-state index is 13.3. The fourth-order valence-electron chi connectivity index (χ4n) is 5.62. The molecule has 2 fully saturated rings. The summed E-state index contributed by atoms with van der Waals surface area (Å²) in [7, 11) is 0. The SMILES string of the molecule is CCCc1ccc(C2CCN(C(=S)COC3CCC(Nc4ccc(N(O)O)c(C(F)(F)F)c4)CC3)CC2)cc1. The van der Waals surface area contributed by atoms with Crippen LogP contribution in [0.25, 0.3) is 0 Å². The Morgan fingerprint density at radius 3 is 2.28 bits per heavy atom. The lowest BCUT2D eigenvalue weighted by molar-refractivity contribution is -0.138. The fraction of sp³-hybridized carbons (Fsp3) is 0.552. The number of piperidine rings is 1. The summed E-state index contributed by atoms with van der Waals surface area (Å²) in [6.45, 7) is 4.49. The van der Waals surface area contributed by atoms with Gasteiger partial charge < -0.3 is 15.0 Å². The molecule has 10 heteroatoms. The number of aryl methyl sites for hydroxylation is 1. The van der Waals surface area contributed by atoms with Crippen LogP contribution in [0.4, 0.5) is 24.5 Å². The molecule has 0 radical (unpaired) electrons. The Morgan fingerprint density at radius 1 is 1.03 bits per heavy atom. The Kier molecular flexibility index (Phi) is 10.1. The lowest BCUT2D eigenvalue weighted by Gasteiger charge is -2.35. The van der Waals surface area contributed by atoms with Gasteiger partial charge in [0, 0.05) is 24.8 Å². The van der Waals surface area contributed by atoms with Gasteiger partial charge in [-0.3, -0.25) is 10.4 Å². The summed E-state index contributed by atoms with van der Waals surface area (Å²) < 4.78 is 46.1. The Labute approximate surface area is 233 Å². The molecule has 214 valence electrons. The van der Waals surface area contributed by atoms with Crippen molar-refractivity contribution in [2.45, 2.75) is 82.5 Å². The zero-order chi connectivity index (χ0) is 28.0. The minimum Gasteiger partial charge on any atom is -0.382 e. The van der Waals surface area contributed by atoms with Crippen LogP contribution in [0.1, 0.15) is 74.5 Å². The van der Waals surface area contributed by atoms with E-state index in [2.05, 4.69) is 41.4 Å². The third kappa shape index (κ3) is 8.06. The highest BCUT2D eigenvalue weighted by Crippen LogP contribution is 2.38. The van der Waals surface area contributed by atoms with Crippen molar-refractivity contribution in [2.75, 3.05) is 30.2 Å². The van der Waals surface area contributed by atoms with Gasteiger partial charge in [0.05, 0.1) is 18.3 Å². The van der Waals surface area contributed by atoms with E-state index in [0.717, 1.165) is 81.6 Å². The third-order valence-corrected chi connectivity index (χ3v) is 8.22. The molecule has 3 N–H and O–H groups in total. The van der Waals surface area contributed by atoms with Gasteiger partial charge in [0.2, 0.25) is 0 Å². The summed E-state index contributed by atoms with van der Waals surface area (Å²) in [6, 6.07) is 12.4. The minimum atomic E-state index is -4.71. The first-order valence-corrected chi connectivity index (χ1v) is 14.2. The van der Waals surface area contributed by atoms with Crippen LogP contribution in [0.2, 0.25) is 0 Å². The van der Waals surface area contributed by atoms with Crippen molar-refractivity contribution in [1.29, 1.82) is 0 Å². The lowest BCUT2D eigenvalue weighted by atomic mass is 9.89. The Morgan fingerprint density at radius 2 is 1.69 bits per heavy atom. The van der Waals surface area contributed by atoms with E-state index in [1.165, 1.54) is 17.2 Å². The average Bonchev–Trinajstić information content (AvgIpc) is 2.92. The summed E-state index contributed by atoms with van der Waals surface area (Å²) >= 11 is 5.68. The van der Waals surface area contributed by atoms with E-state index in [4.69, 9.17) is 27.4 Å². The number of hydrogen-bond donors (Lipinski definition) is 3. The monoisotopic (exact) mass is 565 g/mol. The maximum absolute atomic E-state index is 13.3. The number of ether oxygens (including phenoxy) is 1. The van der Waals surface area contributed by atoms with E-state index >= 15 is 0 Å². The zero-order valence-electron chi connectivity index (χ0n) is 22.3. The van der Waals surface area contributed by atoms with E-state index in [0.29, 0.717) is 18.2 Å². The average molecular weight is 566 g/mol. The van der Waals surface area contributed by atoms with Gasteiger partial charge in [0.25, 0.3) is 0 Å². The number of benzene rings is 2. The maximum Gasteiger partial charge on any atom is 0.418 e. The Balaban J connectivity index is 1.18. The van der Waals surface area contributed by atoms with Crippen molar-refractivity contribution in [3.05, 3.63) is 59.2 Å². The van der Waals surface area contributed by atoms with Crippen LogP contribution < -0.4 is 10.5 Å². The van der Waals surface area contributed by atoms with E-state index in [1.807, 2.05) is 0 Å². The van der Waals surface area contributed by atoms with Gasteiger partial charge in [-0.15, -0.1) is 5.23 Å². The molecule has 1 saturated heterocycles. The minimum absolute atomic E-state index is 0.0122. The number of hydrogen-bond acceptors (Lipinski definition) is 6. The quantitative estimate of drug-likeness (QED) is 0.220. The highest BCUT2D eigenvalue weighted by atomic mass is 32.1. The number of rotatable bonds is 9. The molecular formula is C29H38F3N3O3S. The van der Waals surface area contributed by atoms with Gasteiger partial charge in [-0.05, 0) is 80.2 Å². The molecule has 1 heterocycles. The van der Waals surface area contributed by atoms with E-state index in [9.17, 15) is 13.2 Å². The van der Waals surface area contributed by atoms with Gasteiger partial charge >= 0.3 is 6.18 Å². The lowest BCUT2D eigenvalue weighted by Crippen LogP contribution is -2.40. The van der Waals surface area contributed by atoms with E-state index < -0.39 is 22.7 Å². The topological polar surface area (TPSA) is 68.2 Å². The molecule has 1 saturated carbocycles. The number of thiocarbonyl (C=S) groups is 1. The summed E-state index contributed by atoms with van der Waals surface area (Å²) in [5.74, 6) is 0.568. The fourth-order valence-corrected chi connectivity index (χ4v) is 5.88. The summed E-state index contributed by atoms with van der Waals surface area (Å²) in [6.07, 6.45) is 2.91. The smallest absolute Gasteiger partial charge is 0.382 e. The van der Waals surface area contributed by atoms with Crippen LogP contribution in [-0.4, -0.2) is 52.1 Å². The van der Waals surface area contributed by atoms with E-state index in [1.54, 1.807) is 0 Å². The summed E-state index contributed by atoms with van der Waals surface area (Å²) in [5, 5.41) is 20.9. The first-order chi connectivity index (χ1) is 18.6. The van der Waals surface area contributed by atoms with Crippen LogP contribution in [0.3, 0.4) is 0 Å². The molecule has 2 aromatic rings. The van der Waals surface area contributed by atoms with Crippen LogP contribution in [0.15, 0.2) is 42.5 Å². The van der Waals surface area contributed by atoms with Crippen LogP contribution in [-0.2, 0) is 17.3 Å². The van der Waals surface area contributed by atoms with Crippen LogP contribution in [0.5, 0.6) is 0 Å². The molecule has 39 heavy (non-hydrogen) atoms. The molecule has 2 aliphatic rings. The largest absolute Gasteiger partial charge is 0.418 e. The standard InChI is InChI=1S/C29H38F3N3O3S/c1-2-3-20-4-6-21(7-5-20)22-14-16-34(17-15-22)28(39)19-38-25-11-8-23(9-12-25)33-24-10-13-27(35(36)37)26(18-24)29(30,31)32/h4-7,10,13,18,22-23,25,33,36-37H,2-3,8-9,11-12,14-17,19H2,1H3. The Bertz CT molecular complexity index is 1080. The molecule has 6 nitrogen and oxygen atoms in total. The van der Waals surface area contributed by atoms with Gasteiger partial charge in [-0.2, -0.15) is 13.2 Å². The second-order valence-corrected chi connectivity index (χ2v) is 11.1. The van der Waals surface area contributed by atoms with Crippen molar-refractivity contribution in [2.24, 2.45) is 0 Å². The molecule has 0 spiro atoms. The highest BCUT2D eigenvalue weighted by molar-refractivity contribution is 7.80. The van der Waals surface area contributed by atoms with Gasteiger partial charge in [0.1, 0.15) is 10.7 Å². The van der Waals surface area contributed by atoms with Crippen molar-refractivity contribution in [3.63, 3.8) is 0 Å². The third-order valence-electron chi connectivity index (χ3n) is 7.84. The summed E-state index contributed by atoms with van der Waals surface area (Å²) in [5.41, 5.74) is 1.27. The molecule has 0 aromatic heterocycles. The van der Waals surface area contributed by atoms with Crippen molar-refractivity contribution < 1.29 is 28.3 Å². The number of likely N-dealkylation sites (tertiary alicyclic amines) is 1. The molecule has 2 aromatic carbocycles. The molecule has 0 atom stereocenters. The van der Waals surface area contributed by atoms with Crippen molar-refractivity contribution in [1.82, 2.24) is 4.90 Å². The number of nitrogens with zero attached hydrogens (tertiary/aromatic N) is 2. The molecule has 0 bridgehead atoms. The van der Waals surface area contributed by atoms with E-state index in [-0.39, 0.29) is 12.1 Å². The molecule has 0 amide bonds. The van der Waals surface area contributed by atoms with Crippen molar-refractivity contribution >= 4 is 28.6 Å². The molecular weight excluding hydrogens is 527 g/mol. The predicted octanol–water partition coefficient (Wildman–Crippen LogP) is 7.19. The molecule has 4 rings (SSSR count). The van der Waals surface area contributed by atoms with Gasteiger partial charge in [-0.25, -0.2) is 0 Å². The second-order valence-electron chi connectivity index (χ2n) is 10.6. The highest BCUT2D eigenvalue weighted by Gasteiger charge is 2.35. The first kappa shape index (κ1) is 29.6. The molecule has 1 aliphatic heterocycles. The van der Waals surface area contributed by atoms with Crippen molar-refractivity contribution in [3.8, 4) is 0 Å². The second kappa shape index (κ2) is 13.3. The number of alkyl halides is 3. The van der Waals surface area contributed by atoms with Gasteiger partial charge in [0.15, 0.2) is 0 Å². The normalized spacial score (nSPS) is 20.6. The molecule has 1 aliphatic carbocycles. The zero-order valence-corrected chi connectivity index (χ0v) is 23.1. The predicted molar refractivity (Wildman–Crippen MR) is 150 cm³/mol. The summed E-state index contributed by atoms with van der Waals surface area (Å²) in [4.78, 5) is 3.10. The van der Waals surface area contributed by atoms with Gasteiger partial charge in [-0.1, -0.05) is 49.8 Å². The number of halogens is 3. The Hall–Kier alpha value is -2.40. The molecule has 0 unspecified atom stereocenters. The number of nitrogens with one attached hydrogen (secondary N) is 1. The van der Waals surface area contributed by atoms with Crippen LogP contribution in [0, 0.1) is 0 Å². The number of anilines is 2.